The number of nitrogens with one attached hydrogen (secondary N) is 1. The number of alkyl halides is 3. The summed E-state index contributed by atoms with van der Waals surface area (Å²) in [5.41, 5.74) is -1.19. The monoisotopic (exact) mass is 499 g/mol. The van der Waals surface area contributed by atoms with E-state index in [0.29, 0.717) is 6.20 Å². The van der Waals surface area contributed by atoms with Crippen molar-refractivity contribution in [3.8, 4) is 0 Å². The number of aromatic nitrogens is 2. The summed E-state index contributed by atoms with van der Waals surface area (Å²) < 4.78 is 64.4. The average molecular weight is 499 g/mol. The molecule has 1 aliphatic rings. The maximum absolute atomic E-state index is 12.8. The molecule has 1 saturated heterocycles. The first-order valence-electron chi connectivity index (χ1n) is 10.3. The highest BCUT2D eigenvalue weighted by atomic mass is 19.4. The number of aliphatic hydroxyl groups is 2. The van der Waals surface area contributed by atoms with Crippen LogP contribution in [0, 0.1) is 0 Å². The Hall–Kier alpha value is -2.14. The second-order valence-corrected chi connectivity index (χ2v) is 7.14. The molecule has 4 atom stereocenters. The van der Waals surface area contributed by atoms with Crippen molar-refractivity contribution >= 4 is 11.8 Å². The Bertz CT molecular complexity index is 744. The van der Waals surface area contributed by atoms with E-state index in [0.717, 1.165) is 6.20 Å². The van der Waals surface area contributed by atoms with Gasteiger partial charge in [-0.3, -0.25) is 4.98 Å². The van der Waals surface area contributed by atoms with E-state index >= 15 is 0 Å². The van der Waals surface area contributed by atoms with Crippen LogP contribution in [0.1, 0.15) is 5.69 Å². The van der Waals surface area contributed by atoms with Gasteiger partial charge < -0.3 is 44.3 Å². The van der Waals surface area contributed by atoms with Crippen LogP contribution in [0.4, 0.5) is 19.0 Å². The highest BCUT2D eigenvalue weighted by Gasteiger charge is 2.39. The van der Waals surface area contributed by atoms with Gasteiger partial charge in [-0.05, 0) is 0 Å². The Balaban J connectivity index is 1.58. The number of rotatable bonds is 15. The molecule has 194 valence electrons. The molecule has 0 spiro atoms. The summed E-state index contributed by atoms with van der Waals surface area (Å²) in [7, 11) is 0. The van der Waals surface area contributed by atoms with Crippen LogP contribution < -0.4 is 5.32 Å². The molecule has 34 heavy (non-hydrogen) atoms. The molecule has 12 nitrogen and oxygen atoms in total. The van der Waals surface area contributed by atoms with Crippen molar-refractivity contribution in [2.45, 2.75) is 30.5 Å². The molecule has 0 bridgehead atoms. The Morgan fingerprint density at radius 1 is 1.03 bits per heavy atom. The number of carboxylic acid groups (broad SMARTS) is 1. The van der Waals surface area contributed by atoms with Crippen LogP contribution in [-0.2, 0) is 34.7 Å². The van der Waals surface area contributed by atoms with Crippen molar-refractivity contribution in [3.05, 3.63) is 18.1 Å². The molecule has 1 fully saturated rings. The highest BCUT2D eigenvalue weighted by molar-refractivity contribution is 5.67. The molecule has 0 aliphatic carbocycles. The van der Waals surface area contributed by atoms with Gasteiger partial charge in [0.25, 0.3) is 0 Å². The number of nitrogens with zero attached hydrogens (tertiary/aromatic N) is 2. The molecular formula is C19H28F3N3O9. The molecule has 2 heterocycles. The van der Waals surface area contributed by atoms with Gasteiger partial charge in [0.2, 0.25) is 0 Å². The zero-order chi connectivity index (χ0) is 25.0. The summed E-state index contributed by atoms with van der Waals surface area (Å²) in [5.74, 6) is -1.26. The number of aliphatic carboxylic acids is 1. The fourth-order valence-electron chi connectivity index (χ4n) is 2.83. The predicted octanol–water partition coefficient (Wildman–Crippen LogP) is -0.452. The quantitative estimate of drug-likeness (QED) is 0.230. The van der Waals surface area contributed by atoms with E-state index in [2.05, 4.69) is 15.3 Å². The summed E-state index contributed by atoms with van der Waals surface area (Å²) in [6.07, 6.45) is -6.53. The van der Waals surface area contributed by atoms with Crippen LogP contribution in [0.15, 0.2) is 12.4 Å². The van der Waals surface area contributed by atoms with Gasteiger partial charge in [0, 0.05) is 0 Å². The number of aliphatic hydroxyl groups excluding tert-OH is 2. The summed E-state index contributed by atoms with van der Waals surface area (Å²) in [4.78, 5) is 17.1. The van der Waals surface area contributed by atoms with Crippen LogP contribution in [0.2, 0.25) is 0 Å². The lowest BCUT2D eigenvalue weighted by Gasteiger charge is -2.38. The lowest BCUT2D eigenvalue weighted by atomic mass is 9.98. The molecule has 1 aromatic heterocycles. The zero-order valence-corrected chi connectivity index (χ0v) is 18.1. The lowest BCUT2D eigenvalue weighted by Crippen LogP contribution is -2.57. The Kier molecular flexibility index (Phi) is 11.8. The minimum absolute atomic E-state index is 0.0327. The van der Waals surface area contributed by atoms with Gasteiger partial charge in [-0.2, -0.15) is 13.2 Å². The van der Waals surface area contributed by atoms with Crippen molar-refractivity contribution in [3.63, 3.8) is 0 Å². The Morgan fingerprint density at radius 3 is 2.26 bits per heavy atom. The fraction of sp³-hybridized carbons (Fsp3) is 0.737. The Morgan fingerprint density at radius 2 is 1.65 bits per heavy atom. The van der Waals surface area contributed by atoms with Gasteiger partial charge in [0.1, 0.15) is 30.7 Å². The van der Waals surface area contributed by atoms with Crippen LogP contribution in [0.25, 0.3) is 0 Å². The summed E-state index contributed by atoms with van der Waals surface area (Å²) in [5, 5.41) is 31.6. The number of anilines is 1. The van der Waals surface area contributed by atoms with E-state index in [1.54, 1.807) is 0 Å². The maximum atomic E-state index is 12.8. The smallest absolute Gasteiger partial charge is 0.434 e. The van der Waals surface area contributed by atoms with Gasteiger partial charge in [0.05, 0.1) is 71.3 Å². The lowest BCUT2D eigenvalue weighted by molar-refractivity contribution is -0.161. The minimum atomic E-state index is -4.66. The number of carbonyl (C=O) groups is 1. The zero-order valence-electron chi connectivity index (χ0n) is 18.1. The predicted molar refractivity (Wildman–Crippen MR) is 107 cm³/mol. The van der Waals surface area contributed by atoms with Gasteiger partial charge >= 0.3 is 12.1 Å². The molecule has 1 aliphatic heterocycles. The van der Waals surface area contributed by atoms with E-state index in [1.807, 2.05) is 0 Å². The number of halogens is 3. The summed E-state index contributed by atoms with van der Waals surface area (Å²) in [6, 6.07) is -0.901. The van der Waals surface area contributed by atoms with Crippen LogP contribution in [0.5, 0.6) is 0 Å². The normalized spacial score (nSPS) is 23.1. The molecule has 0 aromatic carbocycles. The molecule has 0 saturated carbocycles. The summed E-state index contributed by atoms with van der Waals surface area (Å²) in [6.45, 7) is 0.886. The van der Waals surface area contributed by atoms with E-state index in [9.17, 15) is 28.2 Å². The van der Waals surface area contributed by atoms with Crippen molar-refractivity contribution in [1.82, 2.24) is 9.97 Å². The van der Waals surface area contributed by atoms with Gasteiger partial charge in [-0.1, -0.05) is 0 Å². The van der Waals surface area contributed by atoms with Crippen molar-refractivity contribution in [2.75, 3.05) is 64.8 Å². The van der Waals surface area contributed by atoms with Crippen LogP contribution in [-0.4, -0.2) is 115 Å². The fourth-order valence-corrected chi connectivity index (χ4v) is 2.83. The van der Waals surface area contributed by atoms with E-state index in [-0.39, 0.29) is 65.3 Å². The van der Waals surface area contributed by atoms with E-state index in [1.165, 1.54) is 0 Å². The third-order valence-electron chi connectivity index (χ3n) is 4.51. The summed E-state index contributed by atoms with van der Waals surface area (Å²) >= 11 is 0. The standard InChI is InChI=1S/C19H28F3N3O9/c20-19(21,22)14-7-23-8-15(25-14)24-12-9-34-13(18(29)17(12)28)10-32-5-3-30-1-2-31-4-6-33-11-16(26)27/h7-8,12-13,17-18,28-29H,1-6,9-11H2,(H,24,25)(H,26,27)/t12-,13+,17+,18-/m0/s1. The molecular weight excluding hydrogens is 471 g/mol. The first kappa shape index (κ1) is 28.1. The van der Waals surface area contributed by atoms with Crippen molar-refractivity contribution in [2.24, 2.45) is 0 Å². The molecule has 2 rings (SSSR count). The average Bonchev–Trinajstić information content (AvgIpc) is 2.78. The SMILES string of the molecule is O=C(O)COCCOCCOCCOC[C@H]1OC[C@H](Nc2cncc(C(F)(F)F)n2)[C@@H](O)[C@H]1O. The third-order valence-corrected chi connectivity index (χ3v) is 4.51. The molecule has 0 radical (unpaired) electrons. The molecule has 15 heteroatoms. The van der Waals surface area contributed by atoms with Gasteiger partial charge in [0.15, 0.2) is 5.69 Å². The molecule has 0 amide bonds. The van der Waals surface area contributed by atoms with E-state index < -0.39 is 42.2 Å². The van der Waals surface area contributed by atoms with Crippen molar-refractivity contribution < 1.29 is 57.0 Å². The topological polar surface area (TPSA) is 162 Å². The molecule has 4 N–H and O–H groups in total. The van der Waals surface area contributed by atoms with E-state index in [4.69, 9.17) is 28.8 Å². The van der Waals surface area contributed by atoms with Crippen molar-refractivity contribution in [1.29, 1.82) is 0 Å². The number of hydrogen-bond donors (Lipinski definition) is 4. The maximum Gasteiger partial charge on any atom is 0.434 e. The highest BCUT2D eigenvalue weighted by Crippen LogP contribution is 2.28. The largest absolute Gasteiger partial charge is 0.480 e. The third kappa shape index (κ3) is 10.0. The second kappa shape index (κ2) is 14.3. The second-order valence-electron chi connectivity index (χ2n) is 7.14. The van der Waals surface area contributed by atoms with Gasteiger partial charge in [-0.25, -0.2) is 9.78 Å². The molecule has 1 aromatic rings. The number of ether oxygens (including phenoxy) is 5. The minimum Gasteiger partial charge on any atom is -0.480 e. The number of carboxylic acids is 1. The van der Waals surface area contributed by atoms with Crippen LogP contribution >= 0.6 is 0 Å². The Labute approximate surface area is 192 Å². The first-order chi connectivity index (χ1) is 16.2. The molecule has 0 unspecified atom stereocenters. The first-order valence-corrected chi connectivity index (χ1v) is 10.3. The number of hydrogen-bond acceptors (Lipinski definition) is 11. The van der Waals surface area contributed by atoms with Crippen LogP contribution in [0.3, 0.4) is 0 Å². The van der Waals surface area contributed by atoms with Gasteiger partial charge in [-0.15, -0.1) is 0 Å².